The lowest BCUT2D eigenvalue weighted by molar-refractivity contribution is 0.736. The summed E-state index contributed by atoms with van der Waals surface area (Å²) in [4.78, 5) is 10.1. The molecule has 2 aromatic heterocycles. The van der Waals surface area contributed by atoms with Gasteiger partial charge in [0.1, 0.15) is 12.5 Å². The van der Waals surface area contributed by atoms with Gasteiger partial charge in [0.05, 0.1) is 21.7 Å². The second-order valence-corrected chi connectivity index (χ2v) is 12.2. The summed E-state index contributed by atoms with van der Waals surface area (Å²) < 4.78 is 4.51. The van der Waals surface area contributed by atoms with Crippen molar-refractivity contribution >= 4 is 46.6 Å². The molecule has 0 atom stereocenters. The van der Waals surface area contributed by atoms with Crippen LogP contribution in [0, 0.1) is 10.7 Å². The van der Waals surface area contributed by atoms with Crippen LogP contribution in [0.1, 0.15) is 11.1 Å². The maximum Gasteiger partial charge on any atom is 0.158 e. The molecule has 2 heterocycles. The van der Waals surface area contributed by atoms with E-state index >= 15 is 0 Å². The zero-order valence-electron chi connectivity index (χ0n) is 27.6. The molecule has 0 radical (unpaired) electrons. The second kappa shape index (κ2) is 13.1. The third-order valence-electron chi connectivity index (χ3n) is 9.20. The molecule has 0 saturated heterocycles. The lowest BCUT2D eigenvalue weighted by Crippen LogP contribution is -2.17. The van der Waals surface area contributed by atoms with Gasteiger partial charge in [-0.2, -0.15) is 0 Å². The summed E-state index contributed by atoms with van der Waals surface area (Å²) in [5, 5.41) is 5.95. The first-order chi connectivity index (χ1) is 24.6. The van der Waals surface area contributed by atoms with Gasteiger partial charge in [-0.05, 0) is 35.4 Å². The number of nitrogens with zero attached hydrogens (tertiary/aromatic N) is 4. The van der Waals surface area contributed by atoms with Crippen molar-refractivity contribution in [2.24, 2.45) is 15.7 Å². The maximum atomic E-state index is 6.69. The van der Waals surface area contributed by atoms with Crippen molar-refractivity contribution in [2.45, 2.75) is 6.67 Å². The van der Waals surface area contributed by atoms with Crippen LogP contribution in [0.4, 0.5) is 0 Å². The van der Waals surface area contributed by atoms with Gasteiger partial charge in [0.2, 0.25) is 0 Å². The number of hydrogen-bond donors (Lipinski definition) is 1. The Bertz CT molecular complexity index is 2740. The molecule has 240 valence electrons. The molecule has 0 bridgehead atoms. The molecule has 0 fully saturated rings. The van der Waals surface area contributed by atoms with Gasteiger partial charge in [0.25, 0.3) is 0 Å². The zero-order valence-corrected chi connectivity index (χ0v) is 27.6. The van der Waals surface area contributed by atoms with Crippen molar-refractivity contribution in [3.05, 3.63) is 196 Å². The summed E-state index contributed by atoms with van der Waals surface area (Å²) in [5.74, 6) is 0.940. The molecule has 0 unspecified atom stereocenters. The Hall–Kier alpha value is -6.72. The van der Waals surface area contributed by atoms with Crippen LogP contribution in [0.15, 0.2) is 174 Å². The summed E-state index contributed by atoms with van der Waals surface area (Å²) in [5.41, 5.74) is 13.8. The van der Waals surface area contributed by atoms with E-state index in [9.17, 15) is 0 Å². The van der Waals surface area contributed by atoms with Crippen molar-refractivity contribution in [3.8, 4) is 16.8 Å². The highest BCUT2D eigenvalue weighted by Crippen LogP contribution is 2.22. The third-order valence-corrected chi connectivity index (χ3v) is 9.20. The van der Waals surface area contributed by atoms with E-state index < -0.39 is 0 Å². The number of aliphatic imine (C=N–C) groups is 2. The maximum absolute atomic E-state index is 6.69. The fourth-order valence-corrected chi connectivity index (χ4v) is 6.75. The Labute approximate surface area is 290 Å². The van der Waals surface area contributed by atoms with Gasteiger partial charge >= 0.3 is 0 Å². The van der Waals surface area contributed by atoms with Crippen LogP contribution in [0.3, 0.4) is 0 Å². The molecule has 0 aliphatic carbocycles. The van der Waals surface area contributed by atoms with Gasteiger partial charge in [-0.25, -0.2) is 9.98 Å². The Kier molecular flexibility index (Phi) is 7.99. The normalized spacial score (nSPS) is 12.9. The smallest absolute Gasteiger partial charge is 0.158 e. The second-order valence-electron chi connectivity index (χ2n) is 12.2. The number of rotatable bonds is 6. The molecule has 5 nitrogen and oxygen atoms in total. The van der Waals surface area contributed by atoms with Crippen LogP contribution < -0.4 is 16.2 Å². The van der Waals surface area contributed by atoms with Gasteiger partial charge < -0.3 is 14.9 Å². The van der Waals surface area contributed by atoms with E-state index in [0.717, 1.165) is 70.9 Å². The van der Waals surface area contributed by atoms with Gasteiger partial charge in [-0.3, -0.25) is 0 Å². The molecule has 8 rings (SSSR count). The zero-order chi connectivity index (χ0) is 34.0. The Balaban J connectivity index is 1.34. The van der Waals surface area contributed by atoms with Crippen LogP contribution >= 0.6 is 0 Å². The van der Waals surface area contributed by atoms with E-state index in [2.05, 4.69) is 119 Å². The number of hydrogen-bond acceptors (Lipinski definition) is 1. The lowest BCUT2D eigenvalue weighted by atomic mass is 10.0. The fourth-order valence-electron chi connectivity index (χ4n) is 6.75. The Morgan fingerprint density at radius 3 is 1.72 bits per heavy atom. The van der Waals surface area contributed by atoms with Crippen molar-refractivity contribution in [3.63, 3.8) is 0 Å². The number of aromatic nitrogens is 2. The molecule has 0 spiro atoms. The number of amidine groups is 2. The summed E-state index contributed by atoms with van der Waals surface area (Å²) >= 11 is 0. The molecule has 8 aromatic rings. The highest BCUT2D eigenvalue weighted by molar-refractivity contribution is 6.11. The fraction of sp³-hybridized carbons (Fsp3) is 0.0222. The molecule has 6 aromatic carbocycles. The topological polar surface area (TPSA) is 60.6 Å². The quantitative estimate of drug-likeness (QED) is 0.144. The van der Waals surface area contributed by atoms with Crippen LogP contribution in [-0.4, -0.2) is 20.8 Å². The van der Waals surface area contributed by atoms with Crippen molar-refractivity contribution < 1.29 is 0 Å². The van der Waals surface area contributed by atoms with E-state index in [1.54, 1.807) is 0 Å². The first-order valence-electron chi connectivity index (χ1n) is 16.6. The van der Waals surface area contributed by atoms with E-state index in [0.29, 0.717) is 11.7 Å². The minimum absolute atomic E-state index is 0.287. The van der Waals surface area contributed by atoms with E-state index in [1.807, 2.05) is 66.7 Å². The van der Waals surface area contributed by atoms with Gasteiger partial charge in [-0.1, -0.05) is 153 Å². The van der Waals surface area contributed by atoms with Crippen LogP contribution in [-0.2, 0) is 6.67 Å². The van der Waals surface area contributed by atoms with Crippen molar-refractivity contribution in [1.82, 2.24) is 9.13 Å². The van der Waals surface area contributed by atoms with Crippen molar-refractivity contribution in [2.75, 3.05) is 0 Å². The van der Waals surface area contributed by atoms with Crippen LogP contribution in [0.2, 0.25) is 0 Å². The summed E-state index contributed by atoms with van der Waals surface area (Å²) in [6.07, 6.45) is 0. The molecule has 5 heteroatoms. The summed E-state index contributed by atoms with van der Waals surface area (Å²) in [6.45, 7) is 9.55. The summed E-state index contributed by atoms with van der Waals surface area (Å²) in [7, 11) is 0. The SMILES string of the molecule is C=c1/c(=c2\c(=C)c3ccccc3n2-c2ccccc2)n(C/N=C(\N=C(N)c2ccc(-c3ccccc3)cc2)c2ccccc2)c2ccccc12. The van der Waals surface area contributed by atoms with E-state index in [-0.39, 0.29) is 6.67 Å². The minimum Gasteiger partial charge on any atom is -0.383 e. The molecule has 0 aliphatic heterocycles. The number of fused-ring (bicyclic) bond motifs is 2. The molecule has 0 saturated carbocycles. The molecular formula is C45H35N5. The van der Waals surface area contributed by atoms with Gasteiger partial charge in [-0.15, -0.1) is 0 Å². The molecular weight excluding hydrogens is 611 g/mol. The molecule has 2 N–H and O–H groups in total. The summed E-state index contributed by atoms with van der Waals surface area (Å²) in [6, 6.07) is 55.6. The highest BCUT2D eigenvalue weighted by atomic mass is 15.1. The third kappa shape index (κ3) is 5.51. The monoisotopic (exact) mass is 645 g/mol. The predicted molar refractivity (Wildman–Crippen MR) is 209 cm³/mol. The van der Waals surface area contributed by atoms with Crippen LogP contribution in [0.5, 0.6) is 0 Å². The van der Waals surface area contributed by atoms with E-state index in [1.165, 1.54) is 0 Å². The van der Waals surface area contributed by atoms with Gasteiger partial charge in [0.15, 0.2) is 5.84 Å². The molecule has 50 heavy (non-hydrogen) atoms. The standard InChI is InChI=1S/C45H35N5/c1-31-38-22-12-14-24-40(38)49(42(31)43-32(2)39-23-13-15-25-41(39)50(43)37-20-10-5-11-21-37)30-47-45(36-18-8-4-9-19-36)48-44(46)35-28-26-34(27-29-35)33-16-6-3-7-17-33/h3-29H,1-2,30H2,(H2,46,47,48)/b43-42-. The minimum atomic E-state index is 0.287. The number of para-hydroxylation sites is 3. The Morgan fingerprint density at radius 1 is 0.520 bits per heavy atom. The Morgan fingerprint density at radius 2 is 1.04 bits per heavy atom. The lowest BCUT2D eigenvalue weighted by Gasteiger charge is -2.09. The highest BCUT2D eigenvalue weighted by Gasteiger charge is 2.14. The molecule has 0 amide bonds. The van der Waals surface area contributed by atoms with E-state index in [4.69, 9.17) is 15.7 Å². The van der Waals surface area contributed by atoms with Crippen LogP contribution in [0.25, 0.3) is 51.8 Å². The predicted octanol–water partition coefficient (Wildman–Crippen LogP) is 8.17. The number of benzene rings is 6. The van der Waals surface area contributed by atoms with Crippen molar-refractivity contribution in [1.29, 1.82) is 0 Å². The molecule has 0 aliphatic rings. The average molecular weight is 646 g/mol. The number of nitrogens with two attached hydrogens (primary N) is 1. The first-order valence-corrected chi connectivity index (χ1v) is 16.6. The van der Waals surface area contributed by atoms with Gasteiger partial charge in [0, 0.05) is 38.0 Å². The first kappa shape index (κ1) is 30.6. The average Bonchev–Trinajstić information content (AvgIpc) is 3.63. The largest absolute Gasteiger partial charge is 0.383 e.